The van der Waals surface area contributed by atoms with Crippen molar-refractivity contribution in [3.8, 4) is 0 Å². The molecule has 1 heterocycles. The summed E-state index contributed by atoms with van der Waals surface area (Å²) in [5.74, 6) is 1.20. The van der Waals surface area contributed by atoms with Crippen molar-refractivity contribution in [1.29, 1.82) is 0 Å². The maximum Gasteiger partial charge on any atom is 0.0930 e. The van der Waals surface area contributed by atoms with E-state index in [-0.39, 0.29) is 6.61 Å². The van der Waals surface area contributed by atoms with Crippen LogP contribution < -0.4 is 5.32 Å². The number of hydrogen-bond donors (Lipinski definition) is 2. The second-order valence-corrected chi connectivity index (χ2v) is 6.76. The topological polar surface area (TPSA) is 45.2 Å². The minimum absolute atomic E-state index is 0.247. The first-order valence-electron chi connectivity index (χ1n) is 6.80. The zero-order chi connectivity index (χ0) is 13.5. The third-order valence-corrected chi connectivity index (χ3v) is 3.99. The van der Waals surface area contributed by atoms with Gasteiger partial charge in [0, 0.05) is 36.7 Å². The van der Waals surface area contributed by atoms with Gasteiger partial charge in [0.1, 0.15) is 0 Å². The van der Waals surface area contributed by atoms with Crippen LogP contribution in [-0.2, 0) is 13.0 Å². The first-order chi connectivity index (χ1) is 8.52. The average molecular weight is 270 g/mol. The molecule has 1 atom stereocenters. The molecule has 0 fully saturated rings. The fourth-order valence-electron chi connectivity index (χ4n) is 1.92. The van der Waals surface area contributed by atoms with Crippen LogP contribution in [0.1, 0.15) is 44.0 Å². The van der Waals surface area contributed by atoms with Crippen molar-refractivity contribution in [2.45, 2.75) is 53.1 Å². The van der Waals surface area contributed by atoms with Gasteiger partial charge in [-0.2, -0.15) is 0 Å². The number of aliphatic hydroxyl groups is 1. The molecule has 0 spiro atoms. The Morgan fingerprint density at radius 3 is 2.61 bits per heavy atom. The highest BCUT2D eigenvalue weighted by molar-refractivity contribution is 7.11. The summed E-state index contributed by atoms with van der Waals surface area (Å²) >= 11 is 1.80. The Balaban J connectivity index is 2.44. The summed E-state index contributed by atoms with van der Waals surface area (Å²) in [6.45, 7) is 9.91. The van der Waals surface area contributed by atoms with Crippen molar-refractivity contribution >= 4 is 11.3 Å². The van der Waals surface area contributed by atoms with E-state index in [4.69, 9.17) is 5.11 Å². The van der Waals surface area contributed by atoms with Crippen LogP contribution in [0.2, 0.25) is 0 Å². The van der Waals surface area contributed by atoms with Crippen molar-refractivity contribution in [3.63, 3.8) is 0 Å². The molecule has 2 N–H and O–H groups in total. The van der Waals surface area contributed by atoms with Crippen molar-refractivity contribution < 1.29 is 5.11 Å². The molecule has 1 unspecified atom stereocenters. The second-order valence-electron chi connectivity index (χ2n) is 5.56. The van der Waals surface area contributed by atoms with E-state index in [1.807, 2.05) is 6.20 Å². The number of aromatic nitrogens is 1. The van der Waals surface area contributed by atoms with E-state index in [9.17, 15) is 0 Å². The summed E-state index contributed by atoms with van der Waals surface area (Å²) in [6.07, 6.45) is 3.86. The largest absolute Gasteiger partial charge is 0.396 e. The van der Waals surface area contributed by atoms with E-state index in [2.05, 4.69) is 38.0 Å². The highest BCUT2D eigenvalue weighted by atomic mass is 32.1. The summed E-state index contributed by atoms with van der Waals surface area (Å²) < 4.78 is 0. The van der Waals surface area contributed by atoms with Crippen LogP contribution in [0, 0.1) is 11.8 Å². The summed E-state index contributed by atoms with van der Waals surface area (Å²) in [5, 5.41) is 13.8. The zero-order valence-electron chi connectivity index (χ0n) is 11.9. The normalized spacial score (nSPS) is 13.5. The SMILES string of the molecule is CC(C)Cc1ncc(CNC(CCO)C(C)C)s1. The van der Waals surface area contributed by atoms with E-state index < -0.39 is 0 Å². The van der Waals surface area contributed by atoms with Crippen molar-refractivity contribution in [2.75, 3.05) is 6.61 Å². The molecule has 0 aromatic carbocycles. The quantitative estimate of drug-likeness (QED) is 0.763. The Bertz CT molecular complexity index is 336. The van der Waals surface area contributed by atoms with Crippen LogP contribution >= 0.6 is 11.3 Å². The lowest BCUT2D eigenvalue weighted by molar-refractivity contribution is 0.244. The van der Waals surface area contributed by atoms with E-state index in [1.165, 1.54) is 9.88 Å². The van der Waals surface area contributed by atoms with Crippen LogP contribution in [0.25, 0.3) is 0 Å². The molecule has 4 heteroatoms. The Morgan fingerprint density at radius 2 is 2.06 bits per heavy atom. The smallest absolute Gasteiger partial charge is 0.0930 e. The summed E-state index contributed by atoms with van der Waals surface area (Å²) in [6, 6.07) is 0.380. The van der Waals surface area contributed by atoms with Gasteiger partial charge in [0.15, 0.2) is 0 Å². The minimum atomic E-state index is 0.247. The maximum atomic E-state index is 9.04. The number of hydrogen-bond acceptors (Lipinski definition) is 4. The maximum absolute atomic E-state index is 9.04. The van der Waals surface area contributed by atoms with Gasteiger partial charge in [-0.05, 0) is 18.3 Å². The molecule has 0 radical (unpaired) electrons. The number of nitrogens with one attached hydrogen (secondary N) is 1. The molecule has 0 bridgehead atoms. The molecule has 0 aliphatic rings. The van der Waals surface area contributed by atoms with Crippen LogP contribution in [0.15, 0.2) is 6.20 Å². The van der Waals surface area contributed by atoms with E-state index >= 15 is 0 Å². The van der Waals surface area contributed by atoms with Crippen LogP contribution in [-0.4, -0.2) is 22.7 Å². The lowest BCUT2D eigenvalue weighted by Crippen LogP contribution is -2.33. The van der Waals surface area contributed by atoms with Gasteiger partial charge in [-0.15, -0.1) is 11.3 Å². The van der Waals surface area contributed by atoms with Gasteiger partial charge in [-0.3, -0.25) is 0 Å². The van der Waals surface area contributed by atoms with E-state index in [0.717, 1.165) is 19.4 Å². The summed E-state index contributed by atoms with van der Waals surface area (Å²) in [7, 11) is 0. The number of nitrogens with zero attached hydrogens (tertiary/aromatic N) is 1. The van der Waals surface area contributed by atoms with E-state index in [0.29, 0.717) is 17.9 Å². The molecule has 0 aliphatic carbocycles. The Morgan fingerprint density at radius 1 is 1.33 bits per heavy atom. The molecule has 1 aromatic rings. The molecule has 18 heavy (non-hydrogen) atoms. The number of thiazole rings is 1. The lowest BCUT2D eigenvalue weighted by atomic mass is 10.0. The molecule has 0 amide bonds. The fourth-order valence-corrected chi connectivity index (χ4v) is 3.00. The van der Waals surface area contributed by atoms with Crippen molar-refractivity contribution in [1.82, 2.24) is 10.3 Å². The van der Waals surface area contributed by atoms with Gasteiger partial charge in [0.2, 0.25) is 0 Å². The first kappa shape index (κ1) is 15.6. The number of rotatable bonds is 8. The zero-order valence-corrected chi connectivity index (χ0v) is 12.8. The van der Waals surface area contributed by atoms with E-state index in [1.54, 1.807) is 11.3 Å². The molecule has 1 rings (SSSR count). The van der Waals surface area contributed by atoms with Gasteiger partial charge in [0.05, 0.1) is 5.01 Å². The Labute approximate surface area is 115 Å². The highest BCUT2D eigenvalue weighted by Gasteiger charge is 2.12. The van der Waals surface area contributed by atoms with Crippen LogP contribution in [0.4, 0.5) is 0 Å². The molecule has 1 aromatic heterocycles. The molecular formula is C14H26N2OS. The second kappa shape index (κ2) is 7.87. The highest BCUT2D eigenvalue weighted by Crippen LogP contribution is 2.17. The fraction of sp³-hybridized carbons (Fsp3) is 0.786. The minimum Gasteiger partial charge on any atom is -0.396 e. The first-order valence-corrected chi connectivity index (χ1v) is 7.62. The molecule has 0 aliphatic heterocycles. The molecule has 3 nitrogen and oxygen atoms in total. The Kier molecular flexibility index (Phi) is 6.82. The van der Waals surface area contributed by atoms with Gasteiger partial charge >= 0.3 is 0 Å². The van der Waals surface area contributed by atoms with Crippen LogP contribution in [0.3, 0.4) is 0 Å². The molecule has 0 saturated carbocycles. The van der Waals surface area contributed by atoms with Gasteiger partial charge in [-0.1, -0.05) is 27.7 Å². The lowest BCUT2D eigenvalue weighted by Gasteiger charge is -2.20. The van der Waals surface area contributed by atoms with Gasteiger partial charge in [0.25, 0.3) is 0 Å². The third-order valence-electron chi connectivity index (χ3n) is 2.97. The third kappa shape index (κ3) is 5.46. The van der Waals surface area contributed by atoms with Crippen molar-refractivity contribution in [3.05, 3.63) is 16.1 Å². The monoisotopic (exact) mass is 270 g/mol. The number of aliphatic hydroxyl groups excluding tert-OH is 1. The Hall–Kier alpha value is -0.450. The molecule has 104 valence electrons. The van der Waals surface area contributed by atoms with Crippen LogP contribution in [0.5, 0.6) is 0 Å². The predicted molar refractivity (Wildman–Crippen MR) is 77.8 cm³/mol. The molecule has 0 saturated heterocycles. The van der Waals surface area contributed by atoms with Gasteiger partial charge < -0.3 is 10.4 Å². The van der Waals surface area contributed by atoms with Crippen molar-refractivity contribution in [2.24, 2.45) is 11.8 Å². The summed E-state index contributed by atoms with van der Waals surface area (Å²) in [5.41, 5.74) is 0. The summed E-state index contributed by atoms with van der Waals surface area (Å²) in [4.78, 5) is 5.74. The van der Waals surface area contributed by atoms with Gasteiger partial charge in [-0.25, -0.2) is 4.98 Å². The molecular weight excluding hydrogens is 244 g/mol. The standard InChI is InChI=1S/C14H26N2OS/c1-10(2)7-14-16-9-12(18-14)8-15-13(5-6-17)11(3)4/h9-11,13,15,17H,5-8H2,1-4H3. The predicted octanol–water partition coefficient (Wildman–Crippen LogP) is 2.84. The average Bonchev–Trinajstić information content (AvgIpc) is 2.70.